The van der Waals surface area contributed by atoms with Crippen LogP contribution in [0.2, 0.25) is 0 Å². The third kappa shape index (κ3) is 4.38. The maximum atomic E-state index is 13.1. The fourth-order valence-corrected chi connectivity index (χ4v) is 7.22. The average molecular weight is 433 g/mol. The molecule has 28 heavy (non-hydrogen) atoms. The number of nitrogens with zero attached hydrogens (tertiary/aromatic N) is 2. The summed E-state index contributed by atoms with van der Waals surface area (Å²) in [4.78, 5) is 14.6. The summed E-state index contributed by atoms with van der Waals surface area (Å²) < 4.78 is 63.6. The summed E-state index contributed by atoms with van der Waals surface area (Å²) in [5.41, 5.74) is 0. The predicted molar refractivity (Wildman–Crippen MR) is 102 cm³/mol. The van der Waals surface area contributed by atoms with Gasteiger partial charge in [0.2, 0.25) is 15.9 Å². The molecule has 1 aromatic carbocycles. The lowest BCUT2D eigenvalue weighted by Gasteiger charge is -2.36. The van der Waals surface area contributed by atoms with E-state index in [1.54, 1.807) is 11.8 Å². The van der Waals surface area contributed by atoms with E-state index in [1.165, 1.54) is 16.4 Å². The minimum atomic E-state index is -3.82. The average Bonchev–Trinajstić information content (AvgIpc) is 3.02. The third-order valence-electron chi connectivity index (χ3n) is 5.46. The summed E-state index contributed by atoms with van der Waals surface area (Å²) in [6.45, 7) is 2.54. The first-order chi connectivity index (χ1) is 13.1. The molecule has 10 heteroatoms. The Balaban J connectivity index is 1.75. The second kappa shape index (κ2) is 8.08. The van der Waals surface area contributed by atoms with Crippen LogP contribution in [-0.4, -0.2) is 69.1 Å². The fourth-order valence-electron chi connectivity index (χ4n) is 3.97. The zero-order valence-electron chi connectivity index (χ0n) is 15.8. The van der Waals surface area contributed by atoms with Crippen molar-refractivity contribution in [2.75, 3.05) is 31.1 Å². The Morgan fingerprint density at radius 1 is 1.25 bits per heavy atom. The lowest BCUT2D eigenvalue weighted by Crippen LogP contribution is -2.49. The number of carbonyl (C=O) groups is 1. The molecule has 0 radical (unpaired) electrons. The zero-order valence-corrected chi connectivity index (χ0v) is 17.4. The van der Waals surface area contributed by atoms with Gasteiger partial charge in [-0.05, 0) is 50.5 Å². The molecule has 1 aromatic rings. The van der Waals surface area contributed by atoms with Gasteiger partial charge in [-0.25, -0.2) is 21.2 Å². The van der Waals surface area contributed by atoms with Gasteiger partial charge in [-0.2, -0.15) is 4.31 Å². The van der Waals surface area contributed by atoms with Gasteiger partial charge < -0.3 is 4.90 Å². The van der Waals surface area contributed by atoms with E-state index in [2.05, 4.69) is 0 Å². The number of rotatable bonds is 5. The lowest BCUT2D eigenvalue weighted by molar-refractivity contribution is -0.138. The van der Waals surface area contributed by atoms with E-state index in [1.807, 2.05) is 0 Å². The highest BCUT2D eigenvalue weighted by molar-refractivity contribution is 7.91. The van der Waals surface area contributed by atoms with Gasteiger partial charge in [0.15, 0.2) is 9.84 Å². The van der Waals surface area contributed by atoms with Crippen LogP contribution in [-0.2, 0) is 24.7 Å². The molecule has 0 N–H and O–H groups in total. The van der Waals surface area contributed by atoms with Gasteiger partial charge in [0, 0.05) is 25.7 Å². The predicted octanol–water partition coefficient (Wildman–Crippen LogP) is 1.26. The molecule has 0 spiro atoms. The van der Waals surface area contributed by atoms with E-state index < -0.39 is 31.6 Å². The van der Waals surface area contributed by atoms with Crippen molar-refractivity contribution in [1.82, 2.24) is 9.21 Å². The molecule has 0 saturated carbocycles. The summed E-state index contributed by atoms with van der Waals surface area (Å²) in [6.07, 6.45) is 1.52. The number of hydrogen-bond donors (Lipinski definition) is 0. The Morgan fingerprint density at radius 3 is 2.50 bits per heavy atom. The van der Waals surface area contributed by atoms with Crippen molar-refractivity contribution in [3.8, 4) is 0 Å². The first kappa shape index (κ1) is 21.2. The van der Waals surface area contributed by atoms with Crippen LogP contribution in [0.15, 0.2) is 29.2 Å². The molecule has 156 valence electrons. The normalized spacial score (nSPS) is 25.5. The first-order valence-electron chi connectivity index (χ1n) is 9.40. The summed E-state index contributed by atoms with van der Waals surface area (Å²) >= 11 is 0. The van der Waals surface area contributed by atoms with Gasteiger partial charge in [-0.3, -0.25) is 4.79 Å². The van der Waals surface area contributed by atoms with E-state index in [-0.39, 0.29) is 34.9 Å². The topological polar surface area (TPSA) is 91.8 Å². The van der Waals surface area contributed by atoms with Crippen LogP contribution in [0.25, 0.3) is 0 Å². The van der Waals surface area contributed by atoms with Crippen LogP contribution in [0.4, 0.5) is 4.39 Å². The Hall–Kier alpha value is -1.52. The molecular formula is C18H25FN2O5S2. The van der Waals surface area contributed by atoms with E-state index in [9.17, 15) is 26.0 Å². The van der Waals surface area contributed by atoms with E-state index in [4.69, 9.17) is 0 Å². The highest BCUT2D eigenvalue weighted by atomic mass is 32.2. The van der Waals surface area contributed by atoms with Crippen molar-refractivity contribution in [2.24, 2.45) is 5.92 Å². The Bertz CT molecular complexity index is 931. The first-order valence-corrected chi connectivity index (χ1v) is 12.7. The van der Waals surface area contributed by atoms with Crippen molar-refractivity contribution >= 4 is 25.8 Å². The second-order valence-corrected chi connectivity index (χ2v) is 11.5. The molecule has 2 aliphatic heterocycles. The molecule has 7 nitrogen and oxygen atoms in total. The van der Waals surface area contributed by atoms with Crippen LogP contribution >= 0.6 is 0 Å². The van der Waals surface area contributed by atoms with Crippen molar-refractivity contribution in [2.45, 2.75) is 37.1 Å². The van der Waals surface area contributed by atoms with Gasteiger partial charge in [0.05, 0.1) is 22.3 Å². The third-order valence-corrected chi connectivity index (χ3v) is 9.09. The largest absolute Gasteiger partial charge is 0.339 e. The minimum absolute atomic E-state index is 0.00349. The summed E-state index contributed by atoms with van der Waals surface area (Å²) in [6, 6.07) is 4.29. The standard InChI is InChI=1S/C18H25FN2O5S2/c1-2-21(16-9-11-27(23,24)13-16)18(22)14-4-3-10-20(12-14)28(25,26)17-7-5-15(19)6-8-17/h5-8,14,16H,2-4,9-13H2,1H3/t14-,16+/m1/s1. The molecule has 2 atom stereocenters. The van der Waals surface area contributed by atoms with Gasteiger partial charge in [-0.1, -0.05) is 0 Å². The second-order valence-electron chi connectivity index (χ2n) is 7.34. The van der Waals surface area contributed by atoms with Crippen molar-refractivity contribution in [1.29, 1.82) is 0 Å². The highest BCUT2D eigenvalue weighted by Crippen LogP contribution is 2.27. The summed E-state index contributed by atoms with van der Waals surface area (Å²) in [5, 5.41) is 0. The molecule has 2 aliphatic rings. The van der Waals surface area contributed by atoms with Crippen LogP contribution in [0, 0.1) is 11.7 Å². The van der Waals surface area contributed by atoms with Crippen LogP contribution in [0.1, 0.15) is 26.2 Å². The number of hydrogen-bond acceptors (Lipinski definition) is 5. The molecule has 2 heterocycles. The van der Waals surface area contributed by atoms with Crippen molar-refractivity contribution in [3.05, 3.63) is 30.1 Å². The maximum Gasteiger partial charge on any atom is 0.243 e. The molecule has 3 rings (SSSR count). The summed E-state index contributed by atoms with van der Waals surface area (Å²) in [5.74, 6) is -1.17. The smallest absolute Gasteiger partial charge is 0.243 e. The number of halogens is 1. The molecule has 0 aliphatic carbocycles. The molecule has 1 amide bonds. The van der Waals surface area contributed by atoms with E-state index in [0.717, 1.165) is 12.1 Å². The van der Waals surface area contributed by atoms with Crippen LogP contribution in [0.5, 0.6) is 0 Å². The highest BCUT2D eigenvalue weighted by Gasteiger charge is 2.39. The molecular weight excluding hydrogens is 407 g/mol. The molecule has 2 saturated heterocycles. The van der Waals surface area contributed by atoms with E-state index in [0.29, 0.717) is 32.4 Å². The Kier molecular flexibility index (Phi) is 6.11. The van der Waals surface area contributed by atoms with E-state index >= 15 is 0 Å². The zero-order chi connectivity index (χ0) is 20.5. The SMILES string of the molecule is CCN(C(=O)[C@@H]1CCCN(S(=O)(=O)c2ccc(F)cc2)C1)[C@H]1CCS(=O)(=O)C1. The molecule has 0 bridgehead atoms. The number of benzene rings is 1. The molecule has 0 unspecified atom stereocenters. The van der Waals surface area contributed by atoms with Crippen LogP contribution in [0.3, 0.4) is 0 Å². The van der Waals surface area contributed by atoms with Crippen LogP contribution < -0.4 is 0 Å². The Labute approximate surface area is 165 Å². The number of carbonyl (C=O) groups excluding carboxylic acids is 1. The number of amides is 1. The van der Waals surface area contributed by atoms with Gasteiger partial charge >= 0.3 is 0 Å². The molecule has 2 fully saturated rings. The maximum absolute atomic E-state index is 13.1. The van der Waals surface area contributed by atoms with Gasteiger partial charge in [0.1, 0.15) is 5.82 Å². The lowest BCUT2D eigenvalue weighted by atomic mass is 9.97. The monoisotopic (exact) mass is 432 g/mol. The summed E-state index contributed by atoms with van der Waals surface area (Å²) in [7, 11) is -6.93. The number of sulfone groups is 1. The minimum Gasteiger partial charge on any atom is -0.339 e. The quantitative estimate of drug-likeness (QED) is 0.699. The number of piperidine rings is 1. The molecule has 0 aromatic heterocycles. The van der Waals surface area contributed by atoms with Crippen molar-refractivity contribution < 1.29 is 26.0 Å². The Morgan fingerprint density at radius 2 is 1.93 bits per heavy atom. The van der Waals surface area contributed by atoms with Gasteiger partial charge in [0.25, 0.3) is 0 Å². The fraction of sp³-hybridized carbons (Fsp3) is 0.611. The van der Waals surface area contributed by atoms with Crippen molar-refractivity contribution in [3.63, 3.8) is 0 Å². The number of sulfonamides is 1. The van der Waals surface area contributed by atoms with Gasteiger partial charge in [-0.15, -0.1) is 0 Å².